The fraction of sp³-hybridized carbons (Fsp3) is 0.231. The van der Waals surface area contributed by atoms with Crippen LogP contribution >= 0.6 is 0 Å². The van der Waals surface area contributed by atoms with Crippen LogP contribution in [0.1, 0.15) is 35.9 Å². The van der Waals surface area contributed by atoms with Crippen LogP contribution in [0.3, 0.4) is 0 Å². The zero-order valence-corrected chi connectivity index (χ0v) is 10.1. The number of carbonyl (C=O) groups is 1. The third-order valence-corrected chi connectivity index (χ3v) is 2.64. The number of hydrogen-bond acceptors (Lipinski definition) is 2. The van der Waals surface area contributed by atoms with Crippen molar-refractivity contribution in [3.8, 4) is 5.69 Å². The highest BCUT2D eigenvalue weighted by Gasteiger charge is 2.14. The molecule has 1 N–H and O–H groups in total. The predicted octanol–water partition coefficient (Wildman–Crippen LogP) is 2.83. The van der Waals surface area contributed by atoms with Crippen LogP contribution in [-0.4, -0.2) is 20.6 Å². The van der Waals surface area contributed by atoms with E-state index in [1.54, 1.807) is 17.0 Å². The molecule has 2 aromatic rings. The molecule has 0 amide bonds. The van der Waals surface area contributed by atoms with Gasteiger partial charge in [-0.15, -0.1) is 0 Å². The van der Waals surface area contributed by atoms with Gasteiger partial charge in [0.15, 0.2) is 0 Å². The van der Waals surface area contributed by atoms with Crippen molar-refractivity contribution in [2.75, 3.05) is 0 Å². The second-order valence-electron chi connectivity index (χ2n) is 4.28. The van der Waals surface area contributed by atoms with Gasteiger partial charge in [0.05, 0.1) is 11.3 Å². The fourth-order valence-electron chi connectivity index (χ4n) is 1.78. The molecule has 0 aliphatic heterocycles. The molecule has 0 saturated carbocycles. The fourth-order valence-corrected chi connectivity index (χ4v) is 1.78. The van der Waals surface area contributed by atoms with Crippen molar-refractivity contribution in [1.82, 2.24) is 9.55 Å². The van der Waals surface area contributed by atoms with E-state index < -0.39 is 11.8 Å². The Bertz CT molecular complexity index is 590. The van der Waals surface area contributed by atoms with E-state index in [1.165, 1.54) is 12.1 Å². The smallest absolute Gasteiger partial charge is 0.335 e. The van der Waals surface area contributed by atoms with Crippen molar-refractivity contribution in [2.45, 2.75) is 19.8 Å². The summed E-state index contributed by atoms with van der Waals surface area (Å²) in [6.07, 6.45) is 3.26. The minimum absolute atomic E-state index is 0.0672. The number of aromatic nitrogens is 2. The van der Waals surface area contributed by atoms with E-state index in [9.17, 15) is 9.18 Å². The number of rotatable bonds is 3. The van der Waals surface area contributed by atoms with Gasteiger partial charge in [0, 0.05) is 18.3 Å². The number of aromatic carboxylic acids is 1. The van der Waals surface area contributed by atoms with Crippen molar-refractivity contribution in [3.63, 3.8) is 0 Å². The van der Waals surface area contributed by atoms with E-state index in [0.29, 0.717) is 5.69 Å². The van der Waals surface area contributed by atoms with Gasteiger partial charge in [0.25, 0.3) is 0 Å². The molecular formula is C13H13FN2O2. The molecule has 1 aromatic heterocycles. The van der Waals surface area contributed by atoms with Crippen LogP contribution in [0.25, 0.3) is 5.69 Å². The van der Waals surface area contributed by atoms with Crippen molar-refractivity contribution in [1.29, 1.82) is 0 Å². The summed E-state index contributed by atoms with van der Waals surface area (Å²) in [5.74, 6) is -0.833. The largest absolute Gasteiger partial charge is 0.478 e. The highest BCUT2D eigenvalue weighted by Crippen LogP contribution is 2.21. The third-order valence-electron chi connectivity index (χ3n) is 2.64. The summed E-state index contributed by atoms with van der Waals surface area (Å²) in [7, 11) is 0. The molecule has 0 unspecified atom stereocenters. The molecule has 0 atom stereocenters. The molecule has 94 valence electrons. The molecule has 1 heterocycles. The van der Waals surface area contributed by atoms with Crippen molar-refractivity contribution < 1.29 is 14.3 Å². The summed E-state index contributed by atoms with van der Waals surface area (Å²) in [6.45, 7) is 3.92. The molecule has 2 rings (SSSR count). The first kappa shape index (κ1) is 12.3. The first-order chi connectivity index (χ1) is 8.50. The molecular weight excluding hydrogens is 235 g/mol. The summed E-state index contributed by atoms with van der Waals surface area (Å²) in [5, 5.41) is 8.79. The van der Waals surface area contributed by atoms with Crippen molar-refractivity contribution >= 4 is 5.97 Å². The maximum Gasteiger partial charge on any atom is 0.335 e. The summed E-state index contributed by atoms with van der Waals surface area (Å²) in [6, 6.07) is 3.85. The monoisotopic (exact) mass is 248 g/mol. The average Bonchev–Trinajstić information content (AvgIpc) is 2.77. The van der Waals surface area contributed by atoms with Gasteiger partial charge in [-0.2, -0.15) is 0 Å². The Morgan fingerprint density at radius 2 is 2.17 bits per heavy atom. The Balaban J connectivity index is 2.51. The second kappa shape index (κ2) is 4.60. The van der Waals surface area contributed by atoms with Crippen molar-refractivity contribution in [3.05, 3.63) is 47.8 Å². The van der Waals surface area contributed by atoms with Crippen LogP contribution in [0.4, 0.5) is 4.39 Å². The van der Waals surface area contributed by atoms with Crippen LogP contribution in [-0.2, 0) is 0 Å². The Morgan fingerprint density at radius 1 is 1.44 bits per heavy atom. The molecule has 1 aromatic carbocycles. The van der Waals surface area contributed by atoms with Crippen LogP contribution < -0.4 is 0 Å². The molecule has 0 aliphatic rings. The van der Waals surface area contributed by atoms with Crippen LogP contribution in [0.5, 0.6) is 0 Å². The molecule has 4 nitrogen and oxygen atoms in total. The predicted molar refractivity (Wildman–Crippen MR) is 64.6 cm³/mol. The Kier molecular flexibility index (Phi) is 3.14. The van der Waals surface area contributed by atoms with Gasteiger partial charge >= 0.3 is 5.97 Å². The van der Waals surface area contributed by atoms with Gasteiger partial charge < -0.3 is 9.67 Å². The number of carboxylic acids is 1. The third kappa shape index (κ3) is 2.11. The van der Waals surface area contributed by atoms with E-state index in [1.807, 2.05) is 13.8 Å². The SMILES string of the molecule is CC(C)c1nccn1-c1ccc(C(=O)O)cc1F. The lowest BCUT2D eigenvalue weighted by Gasteiger charge is -2.11. The van der Waals surface area contributed by atoms with Gasteiger partial charge in [-0.1, -0.05) is 13.8 Å². The molecule has 0 bridgehead atoms. The van der Waals surface area contributed by atoms with Crippen LogP contribution in [0.15, 0.2) is 30.6 Å². The van der Waals surface area contributed by atoms with Gasteiger partial charge in [0.1, 0.15) is 11.6 Å². The number of hydrogen-bond donors (Lipinski definition) is 1. The average molecular weight is 248 g/mol. The Hall–Kier alpha value is -2.17. The summed E-state index contributed by atoms with van der Waals surface area (Å²) in [4.78, 5) is 14.9. The molecule has 0 aliphatic carbocycles. The highest BCUT2D eigenvalue weighted by molar-refractivity contribution is 5.87. The van der Waals surface area contributed by atoms with E-state index in [2.05, 4.69) is 4.98 Å². The number of halogens is 1. The molecule has 0 saturated heterocycles. The van der Waals surface area contributed by atoms with E-state index >= 15 is 0 Å². The zero-order valence-electron chi connectivity index (χ0n) is 10.1. The minimum Gasteiger partial charge on any atom is -0.478 e. The van der Waals surface area contributed by atoms with E-state index in [4.69, 9.17) is 5.11 Å². The van der Waals surface area contributed by atoms with Gasteiger partial charge in [-0.25, -0.2) is 14.2 Å². The Morgan fingerprint density at radius 3 is 2.72 bits per heavy atom. The molecule has 0 radical (unpaired) electrons. The second-order valence-corrected chi connectivity index (χ2v) is 4.28. The lowest BCUT2D eigenvalue weighted by Crippen LogP contribution is -2.06. The zero-order chi connectivity index (χ0) is 13.3. The maximum absolute atomic E-state index is 13.9. The van der Waals surface area contributed by atoms with E-state index in [0.717, 1.165) is 11.9 Å². The topological polar surface area (TPSA) is 55.1 Å². The number of nitrogens with zero attached hydrogens (tertiary/aromatic N) is 2. The molecule has 5 heteroatoms. The molecule has 0 fully saturated rings. The summed E-state index contributed by atoms with van der Waals surface area (Å²) >= 11 is 0. The minimum atomic E-state index is -1.14. The Labute approximate surface area is 104 Å². The number of imidazole rings is 1. The quantitative estimate of drug-likeness (QED) is 0.908. The van der Waals surface area contributed by atoms with Crippen molar-refractivity contribution in [2.24, 2.45) is 0 Å². The lowest BCUT2D eigenvalue weighted by molar-refractivity contribution is 0.0696. The first-order valence-corrected chi connectivity index (χ1v) is 5.57. The van der Waals surface area contributed by atoms with Gasteiger partial charge in [-0.3, -0.25) is 0 Å². The van der Waals surface area contributed by atoms with Crippen LogP contribution in [0, 0.1) is 5.82 Å². The highest BCUT2D eigenvalue weighted by atomic mass is 19.1. The molecule has 18 heavy (non-hydrogen) atoms. The van der Waals surface area contributed by atoms with Gasteiger partial charge in [0.2, 0.25) is 0 Å². The summed E-state index contributed by atoms with van der Waals surface area (Å²) < 4.78 is 15.5. The summed E-state index contributed by atoms with van der Waals surface area (Å²) in [5.41, 5.74) is 0.240. The van der Waals surface area contributed by atoms with Gasteiger partial charge in [-0.05, 0) is 18.2 Å². The standard InChI is InChI=1S/C13H13FN2O2/c1-8(2)12-15-5-6-16(12)11-4-3-9(13(17)18)7-10(11)14/h3-8H,1-2H3,(H,17,18). The molecule has 0 spiro atoms. The van der Waals surface area contributed by atoms with Crippen LogP contribution in [0.2, 0.25) is 0 Å². The number of carboxylic acid groups (broad SMARTS) is 1. The first-order valence-electron chi connectivity index (χ1n) is 5.57. The lowest BCUT2D eigenvalue weighted by atomic mass is 10.1. The maximum atomic E-state index is 13.9. The normalized spacial score (nSPS) is 10.9. The van der Waals surface area contributed by atoms with E-state index in [-0.39, 0.29) is 11.5 Å². The number of benzene rings is 1.